The molecule has 0 saturated heterocycles. The Morgan fingerprint density at radius 2 is 1.95 bits per heavy atom. The van der Waals surface area contributed by atoms with Crippen molar-refractivity contribution >= 4 is 0 Å². The van der Waals surface area contributed by atoms with Crippen LogP contribution < -0.4 is 5.32 Å². The van der Waals surface area contributed by atoms with Gasteiger partial charge in [-0.25, -0.2) is 4.39 Å². The van der Waals surface area contributed by atoms with Crippen molar-refractivity contribution in [1.29, 1.82) is 0 Å². The van der Waals surface area contributed by atoms with Crippen molar-refractivity contribution in [2.75, 3.05) is 20.1 Å². The van der Waals surface area contributed by atoms with E-state index in [9.17, 15) is 4.39 Å². The lowest BCUT2D eigenvalue weighted by Crippen LogP contribution is -2.31. The zero-order valence-corrected chi connectivity index (χ0v) is 12.7. The summed E-state index contributed by atoms with van der Waals surface area (Å²) >= 11 is 0. The van der Waals surface area contributed by atoms with E-state index < -0.39 is 0 Å². The average Bonchev–Trinajstić information content (AvgIpc) is 3.29. The van der Waals surface area contributed by atoms with Crippen molar-refractivity contribution in [2.45, 2.75) is 51.1 Å². The molecular formula is C17H27FN2. The van der Waals surface area contributed by atoms with E-state index in [1.165, 1.54) is 37.8 Å². The average molecular weight is 278 g/mol. The SMILES string of the molecule is CCCCN(CCC(NC)c1ccc(F)cc1)C1CC1. The van der Waals surface area contributed by atoms with Gasteiger partial charge in [-0.2, -0.15) is 0 Å². The first kappa shape index (κ1) is 15.5. The third-order valence-corrected chi connectivity index (χ3v) is 4.19. The molecule has 1 unspecified atom stereocenters. The topological polar surface area (TPSA) is 15.3 Å². The quantitative estimate of drug-likeness (QED) is 0.740. The van der Waals surface area contributed by atoms with Crippen molar-refractivity contribution in [1.82, 2.24) is 10.2 Å². The van der Waals surface area contributed by atoms with Crippen molar-refractivity contribution in [3.8, 4) is 0 Å². The maximum absolute atomic E-state index is 13.0. The monoisotopic (exact) mass is 278 g/mol. The van der Waals surface area contributed by atoms with Crippen LogP contribution in [0, 0.1) is 5.82 Å². The van der Waals surface area contributed by atoms with E-state index in [2.05, 4.69) is 17.1 Å². The molecule has 0 aliphatic heterocycles. The number of nitrogens with one attached hydrogen (secondary N) is 1. The van der Waals surface area contributed by atoms with Crippen LogP contribution in [-0.4, -0.2) is 31.1 Å². The summed E-state index contributed by atoms with van der Waals surface area (Å²) in [5.41, 5.74) is 1.18. The van der Waals surface area contributed by atoms with Crippen LogP contribution in [0.2, 0.25) is 0 Å². The van der Waals surface area contributed by atoms with Gasteiger partial charge in [0.05, 0.1) is 0 Å². The van der Waals surface area contributed by atoms with E-state index in [1.807, 2.05) is 19.2 Å². The molecule has 2 rings (SSSR count). The van der Waals surface area contributed by atoms with Crippen molar-refractivity contribution in [3.05, 3.63) is 35.6 Å². The van der Waals surface area contributed by atoms with Gasteiger partial charge in [0.25, 0.3) is 0 Å². The van der Waals surface area contributed by atoms with Gasteiger partial charge >= 0.3 is 0 Å². The number of halogens is 1. The maximum atomic E-state index is 13.0. The lowest BCUT2D eigenvalue weighted by Gasteiger charge is -2.25. The van der Waals surface area contributed by atoms with Gasteiger partial charge in [0.1, 0.15) is 5.82 Å². The van der Waals surface area contributed by atoms with Crippen LogP contribution in [0.15, 0.2) is 24.3 Å². The second kappa shape index (κ2) is 7.75. The van der Waals surface area contributed by atoms with Gasteiger partial charge in [0, 0.05) is 18.6 Å². The van der Waals surface area contributed by atoms with Gasteiger partial charge in [-0.05, 0) is 57.0 Å². The summed E-state index contributed by atoms with van der Waals surface area (Å²) in [7, 11) is 1.99. The van der Waals surface area contributed by atoms with Gasteiger partial charge in [-0.15, -0.1) is 0 Å². The predicted molar refractivity (Wildman–Crippen MR) is 82.3 cm³/mol. The first-order valence-electron chi connectivity index (χ1n) is 7.91. The smallest absolute Gasteiger partial charge is 0.123 e. The Hall–Kier alpha value is -0.930. The molecule has 2 nitrogen and oxygen atoms in total. The highest BCUT2D eigenvalue weighted by atomic mass is 19.1. The van der Waals surface area contributed by atoms with Crippen molar-refractivity contribution in [2.24, 2.45) is 0 Å². The summed E-state index contributed by atoms with van der Waals surface area (Å²) < 4.78 is 13.0. The van der Waals surface area contributed by atoms with Gasteiger partial charge in [0.2, 0.25) is 0 Å². The van der Waals surface area contributed by atoms with Crippen molar-refractivity contribution in [3.63, 3.8) is 0 Å². The Kier molecular flexibility index (Phi) is 5.99. The molecule has 1 N–H and O–H groups in total. The standard InChI is InChI=1S/C17H27FN2/c1-3-4-12-20(16-9-10-16)13-11-17(19-2)14-5-7-15(18)8-6-14/h5-8,16-17,19H,3-4,9-13H2,1-2H3. The van der Waals surface area contributed by atoms with Crippen LogP contribution >= 0.6 is 0 Å². The number of hydrogen-bond donors (Lipinski definition) is 1. The minimum atomic E-state index is -0.161. The third kappa shape index (κ3) is 4.57. The van der Waals surface area contributed by atoms with Crippen LogP contribution in [0.4, 0.5) is 4.39 Å². The van der Waals surface area contributed by atoms with E-state index in [1.54, 1.807) is 12.1 Å². The molecule has 3 heteroatoms. The normalized spacial score (nSPS) is 16.6. The van der Waals surface area contributed by atoms with E-state index >= 15 is 0 Å². The number of nitrogens with zero attached hydrogens (tertiary/aromatic N) is 1. The molecule has 0 radical (unpaired) electrons. The van der Waals surface area contributed by atoms with Crippen LogP contribution in [0.25, 0.3) is 0 Å². The van der Waals surface area contributed by atoms with Crippen molar-refractivity contribution < 1.29 is 4.39 Å². The molecule has 0 spiro atoms. The Bertz CT molecular complexity index is 386. The fourth-order valence-electron chi connectivity index (χ4n) is 2.75. The Morgan fingerprint density at radius 1 is 1.25 bits per heavy atom. The van der Waals surface area contributed by atoms with Crippen LogP contribution in [0.3, 0.4) is 0 Å². The fourth-order valence-corrected chi connectivity index (χ4v) is 2.75. The molecule has 112 valence electrons. The van der Waals surface area contributed by atoms with Gasteiger partial charge < -0.3 is 10.2 Å². The zero-order chi connectivity index (χ0) is 14.4. The number of benzene rings is 1. The molecule has 1 aromatic carbocycles. The Labute approximate surface area is 122 Å². The molecule has 0 aromatic heterocycles. The minimum Gasteiger partial charge on any atom is -0.313 e. The number of hydrogen-bond acceptors (Lipinski definition) is 2. The molecule has 1 aliphatic carbocycles. The maximum Gasteiger partial charge on any atom is 0.123 e. The molecule has 1 aliphatic rings. The third-order valence-electron chi connectivity index (χ3n) is 4.19. The molecule has 20 heavy (non-hydrogen) atoms. The molecule has 1 aromatic rings. The highest BCUT2D eigenvalue weighted by Crippen LogP contribution is 2.28. The molecular weight excluding hydrogens is 251 g/mol. The predicted octanol–water partition coefficient (Wildman–Crippen LogP) is 3.74. The lowest BCUT2D eigenvalue weighted by atomic mass is 10.0. The lowest BCUT2D eigenvalue weighted by molar-refractivity contribution is 0.245. The fraction of sp³-hybridized carbons (Fsp3) is 0.647. The molecule has 0 heterocycles. The van der Waals surface area contributed by atoms with E-state index in [-0.39, 0.29) is 5.82 Å². The second-order valence-corrected chi connectivity index (χ2v) is 5.80. The highest BCUT2D eigenvalue weighted by molar-refractivity contribution is 5.19. The van der Waals surface area contributed by atoms with Gasteiger partial charge in [0.15, 0.2) is 0 Å². The second-order valence-electron chi connectivity index (χ2n) is 5.80. The molecule has 0 amide bonds. The minimum absolute atomic E-state index is 0.161. The van der Waals surface area contributed by atoms with Crippen LogP contribution in [0.5, 0.6) is 0 Å². The molecule has 1 fully saturated rings. The summed E-state index contributed by atoms with van der Waals surface area (Å²) in [6, 6.07) is 8.03. The summed E-state index contributed by atoms with van der Waals surface area (Å²) in [6.45, 7) is 4.61. The van der Waals surface area contributed by atoms with Crippen LogP contribution in [-0.2, 0) is 0 Å². The molecule has 0 bridgehead atoms. The first-order chi connectivity index (χ1) is 9.74. The summed E-state index contributed by atoms with van der Waals surface area (Å²) in [4.78, 5) is 2.64. The highest BCUT2D eigenvalue weighted by Gasteiger charge is 2.28. The largest absolute Gasteiger partial charge is 0.313 e. The summed E-state index contributed by atoms with van der Waals surface area (Å²) in [5, 5.41) is 3.36. The Morgan fingerprint density at radius 3 is 2.50 bits per heavy atom. The van der Waals surface area contributed by atoms with Crippen LogP contribution in [0.1, 0.15) is 50.6 Å². The summed E-state index contributed by atoms with van der Waals surface area (Å²) in [6.07, 6.45) is 6.37. The molecule has 1 atom stereocenters. The van der Waals surface area contributed by atoms with E-state index in [0.29, 0.717) is 6.04 Å². The summed E-state index contributed by atoms with van der Waals surface area (Å²) in [5.74, 6) is -0.161. The number of rotatable bonds is 9. The first-order valence-corrected chi connectivity index (χ1v) is 7.91. The molecule has 1 saturated carbocycles. The Balaban J connectivity index is 1.87. The van der Waals surface area contributed by atoms with Gasteiger partial charge in [-0.1, -0.05) is 25.5 Å². The zero-order valence-electron chi connectivity index (χ0n) is 12.7. The van der Waals surface area contributed by atoms with E-state index in [4.69, 9.17) is 0 Å². The van der Waals surface area contributed by atoms with E-state index in [0.717, 1.165) is 19.0 Å². The van der Waals surface area contributed by atoms with Gasteiger partial charge in [-0.3, -0.25) is 0 Å². The number of unbranched alkanes of at least 4 members (excludes halogenated alkanes) is 1.